The summed E-state index contributed by atoms with van der Waals surface area (Å²) in [5.74, 6) is -3.09. The molecule has 49 heavy (non-hydrogen) atoms. The number of piperidine rings is 3. The van der Waals surface area contributed by atoms with Gasteiger partial charge in [-0.05, 0) is 11.1 Å². The number of hydrogen-bond acceptors (Lipinski definition) is 11. The fourth-order valence-corrected chi connectivity index (χ4v) is 6.84. The van der Waals surface area contributed by atoms with Gasteiger partial charge in [0.15, 0.2) is 0 Å². The normalized spacial score (nSPS) is 32.1. The molecule has 3 heterocycles. The molecule has 3 fully saturated rings. The molecule has 10 atom stereocenters. The highest BCUT2D eigenvalue weighted by atomic mass is 32.2. The molecule has 0 aliphatic carbocycles. The Bertz CT molecular complexity index is 1360. The first-order valence-electron chi connectivity index (χ1n) is 15.8. The number of likely N-dealkylation sites (tertiary alicyclic amines) is 1. The SMILES string of the molecule is CS(=O)(=O)N1C[C@@H](O)[C@H](O)[C@@H](C(F)F)C1.O[C@@H]1[C@@H]([C@H](O)c2ccccc2)CNC[C@H]1O.O[C@H]1[C@H](O)CN(Cc2ccccc2)C[C@@H]1C(F)F. The molecule has 2 aromatic rings. The summed E-state index contributed by atoms with van der Waals surface area (Å²) in [5.41, 5.74) is 1.77. The minimum absolute atomic E-state index is 0.102. The summed E-state index contributed by atoms with van der Waals surface area (Å²) in [7, 11) is -3.62. The Labute approximate surface area is 283 Å². The lowest BCUT2D eigenvalue weighted by molar-refractivity contribution is -0.118. The van der Waals surface area contributed by atoms with Crippen LogP contribution in [-0.4, -0.2) is 148 Å². The van der Waals surface area contributed by atoms with Gasteiger partial charge in [0.2, 0.25) is 22.9 Å². The molecule has 17 heteroatoms. The fourth-order valence-electron chi connectivity index (χ4n) is 5.98. The van der Waals surface area contributed by atoms with E-state index in [2.05, 4.69) is 5.32 Å². The fraction of sp³-hybridized carbons (Fsp3) is 0.625. The van der Waals surface area contributed by atoms with Crippen LogP contribution < -0.4 is 5.32 Å². The number of rotatable bonds is 7. The number of benzene rings is 2. The van der Waals surface area contributed by atoms with Gasteiger partial charge >= 0.3 is 0 Å². The summed E-state index contributed by atoms with van der Waals surface area (Å²) in [4.78, 5) is 1.75. The van der Waals surface area contributed by atoms with Crippen LogP contribution in [0.5, 0.6) is 0 Å². The van der Waals surface area contributed by atoms with E-state index in [1.807, 2.05) is 60.7 Å². The van der Waals surface area contributed by atoms with Crippen LogP contribution in [0.2, 0.25) is 0 Å². The number of β-amino-alcohol motifs (C(OH)–C–C–N with tert-alkyl or cyclic N) is 3. The molecule has 3 saturated heterocycles. The van der Waals surface area contributed by atoms with Crippen molar-refractivity contribution >= 4 is 10.0 Å². The second-order valence-corrected chi connectivity index (χ2v) is 14.6. The third-order valence-electron chi connectivity index (χ3n) is 8.86. The quantitative estimate of drug-likeness (QED) is 0.174. The highest BCUT2D eigenvalue weighted by Gasteiger charge is 2.43. The van der Waals surface area contributed by atoms with Gasteiger partial charge in [-0.3, -0.25) is 4.90 Å². The van der Waals surface area contributed by atoms with Crippen molar-refractivity contribution in [1.29, 1.82) is 0 Å². The van der Waals surface area contributed by atoms with E-state index in [0.29, 0.717) is 19.6 Å². The van der Waals surface area contributed by atoms with Gasteiger partial charge in [0.05, 0.1) is 60.8 Å². The molecule has 3 aliphatic heterocycles. The molecule has 0 radical (unpaired) electrons. The third-order valence-corrected chi connectivity index (χ3v) is 10.1. The number of alkyl halides is 4. The Kier molecular flexibility index (Phi) is 15.8. The van der Waals surface area contributed by atoms with E-state index in [1.54, 1.807) is 4.90 Å². The second kappa shape index (κ2) is 18.8. The van der Waals surface area contributed by atoms with Crippen LogP contribution in [0.1, 0.15) is 17.2 Å². The summed E-state index contributed by atoms with van der Waals surface area (Å²) in [6.07, 6.45) is -12.5. The monoisotopic (exact) mass is 725 g/mol. The third kappa shape index (κ3) is 11.9. The number of aliphatic hydroxyl groups is 7. The first-order chi connectivity index (χ1) is 23.0. The summed E-state index contributed by atoms with van der Waals surface area (Å²) >= 11 is 0. The molecular formula is C32H47F4N3O9S. The van der Waals surface area contributed by atoms with Gasteiger partial charge in [0.25, 0.3) is 0 Å². The lowest BCUT2D eigenvalue weighted by atomic mass is 9.86. The van der Waals surface area contributed by atoms with E-state index < -0.39 is 84.0 Å². The lowest BCUT2D eigenvalue weighted by Crippen LogP contribution is -2.55. The number of sulfonamides is 1. The van der Waals surface area contributed by atoms with Crippen molar-refractivity contribution in [2.24, 2.45) is 17.8 Å². The average Bonchev–Trinajstić information content (AvgIpc) is 3.05. The second-order valence-electron chi connectivity index (χ2n) is 12.6. The number of aliphatic hydroxyl groups excluding tert-OH is 7. The molecule has 0 bridgehead atoms. The van der Waals surface area contributed by atoms with Gasteiger partial charge < -0.3 is 41.1 Å². The van der Waals surface area contributed by atoms with Gasteiger partial charge in [0.1, 0.15) is 0 Å². The molecule has 0 unspecified atom stereocenters. The molecule has 0 saturated carbocycles. The van der Waals surface area contributed by atoms with E-state index in [4.69, 9.17) is 0 Å². The maximum atomic E-state index is 12.8. The molecular weight excluding hydrogens is 678 g/mol. The standard InChI is InChI=1S/C13H17F2NO2.C12H17NO3.C7H13F2NO4S/c14-13(15)10-7-16(8-11(17)12(10)18)6-9-4-2-1-3-5-9;14-10-7-13-6-9(12(10)16)11(15)8-4-2-1-3-5-8;1-15(13,14)10-2-4(7(8)9)6(12)5(11)3-10/h1-5,10-13,17-18H,6-8H2;1-5,9-16H,6-7H2;4-7,11-12H,2-3H2,1H3/t10-,11+,12+;9-,10-,11-,12-;4-,5+,6+/m010/s1. The minimum Gasteiger partial charge on any atom is -0.390 e. The first-order valence-corrected chi connectivity index (χ1v) is 17.7. The zero-order chi connectivity index (χ0) is 36.5. The number of hydrogen-bond donors (Lipinski definition) is 8. The summed E-state index contributed by atoms with van der Waals surface area (Å²) < 4.78 is 73.3. The highest BCUT2D eigenvalue weighted by Crippen LogP contribution is 2.28. The first kappa shape index (κ1) is 41.1. The van der Waals surface area contributed by atoms with E-state index in [1.165, 1.54) is 0 Å². The largest absolute Gasteiger partial charge is 0.390 e. The summed E-state index contributed by atoms with van der Waals surface area (Å²) in [5, 5.41) is 70.1. The van der Waals surface area contributed by atoms with Crippen LogP contribution in [0.3, 0.4) is 0 Å². The van der Waals surface area contributed by atoms with Crippen LogP contribution in [0.25, 0.3) is 0 Å². The Morgan fingerprint density at radius 3 is 1.71 bits per heavy atom. The van der Waals surface area contributed by atoms with Crippen molar-refractivity contribution in [3.05, 3.63) is 71.8 Å². The van der Waals surface area contributed by atoms with Crippen LogP contribution in [0, 0.1) is 17.8 Å². The molecule has 3 aliphatic rings. The Morgan fingerprint density at radius 2 is 1.18 bits per heavy atom. The van der Waals surface area contributed by atoms with Crippen molar-refractivity contribution in [3.63, 3.8) is 0 Å². The smallest absolute Gasteiger partial charge is 0.245 e. The van der Waals surface area contributed by atoms with Crippen molar-refractivity contribution in [2.45, 2.75) is 62.1 Å². The van der Waals surface area contributed by atoms with Gasteiger partial charge in [-0.2, -0.15) is 4.31 Å². The molecule has 278 valence electrons. The predicted molar refractivity (Wildman–Crippen MR) is 171 cm³/mol. The van der Waals surface area contributed by atoms with Crippen LogP contribution in [-0.2, 0) is 16.6 Å². The molecule has 2 aromatic carbocycles. The molecule has 0 spiro atoms. The summed E-state index contributed by atoms with van der Waals surface area (Å²) in [6, 6.07) is 18.7. The van der Waals surface area contributed by atoms with Gasteiger partial charge in [0, 0.05) is 51.7 Å². The van der Waals surface area contributed by atoms with Gasteiger partial charge in [-0.25, -0.2) is 26.0 Å². The zero-order valence-electron chi connectivity index (χ0n) is 26.9. The topological polar surface area (TPSA) is 194 Å². The van der Waals surface area contributed by atoms with Crippen molar-refractivity contribution in [2.75, 3.05) is 45.5 Å². The number of nitrogens with one attached hydrogen (secondary N) is 1. The predicted octanol–water partition coefficient (Wildman–Crippen LogP) is -0.369. The van der Waals surface area contributed by atoms with Crippen molar-refractivity contribution in [3.8, 4) is 0 Å². The Morgan fingerprint density at radius 1 is 0.694 bits per heavy atom. The van der Waals surface area contributed by atoms with Crippen LogP contribution >= 0.6 is 0 Å². The van der Waals surface area contributed by atoms with E-state index in [-0.39, 0.29) is 25.6 Å². The van der Waals surface area contributed by atoms with E-state index in [9.17, 15) is 61.7 Å². The van der Waals surface area contributed by atoms with E-state index in [0.717, 1.165) is 21.7 Å². The summed E-state index contributed by atoms with van der Waals surface area (Å²) in [6.45, 7) is 0.906. The molecule has 0 aromatic heterocycles. The zero-order valence-corrected chi connectivity index (χ0v) is 27.7. The Hall–Kier alpha value is -2.29. The molecule has 5 rings (SSSR count). The van der Waals surface area contributed by atoms with Crippen molar-refractivity contribution in [1.82, 2.24) is 14.5 Å². The minimum atomic E-state index is -3.62. The Balaban J connectivity index is 0.000000200. The van der Waals surface area contributed by atoms with Crippen LogP contribution in [0.15, 0.2) is 60.7 Å². The van der Waals surface area contributed by atoms with E-state index >= 15 is 0 Å². The lowest BCUT2D eigenvalue weighted by Gasteiger charge is -2.38. The maximum Gasteiger partial charge on any atom is 0.245 e. The molecule has 0 amide bonds. The van der Waals surface area contributed by atoms with Crippen molar-refractivity contribution < 1.29 is 61.7 Å². The van der Waals surface area contributed by atoms with Gasteiger partial charge in [-0.15, -0.1) is 0 Å². The number of halogens is 4. The highest BCUT2D eigenvalue weighted by molar-refractivity contribution is 7.88. The van der Waals surface area contributed by atoms with Crippen LogP contribution in [0.4, 0.5) is 17.6 Å². The average molecular weight is 726 g/mol. The molecule has 12 nitrogen and oxygen atoms in total. The van der Waals surface area contributed by atoms with Gasteiger partial charge in [-0.1, -0.05) is 60.7 Å². The maximum absolute atomic E-state index is 12.8. The number of nitrogens with zero attached hydrogens (tertiary/aromatic N) is 2. The molecule has 8 N–H and O–H groups in total.